The third-order valence-electron chi connectivity index (χ3n) is 2.68. The number of rotatable bonds is 4. The second kappa shape index (κ2) is 4.61. The van der Waals surface area contributed by atoms with Gasteiger partial charge in [0.25, 0.3) is 5.69 Å². The molecule has 1 fully saturated rings. The maximum Gasteiger partial charge on any atom is 0.336 e. The molecule has 1 aromatic carbocycles. The zero-order valence-electron chi connectivity index (χ0n) is 9.58. The van der Waals surface area contributed by atoms with Gasteiger partial charge in [0.1, 0.15) is 11.9 Å². The molecule has 0 saturated carbocycles. The summed E-state index contributed by atoms with van der Waals surface area (Å²) in [6.07, 6.45) is -0.174. The van der Waals surface area contributed by atoms with E-state index in [9.17, 15) is 14.9 Å². The van der Waals surface area contributed by atoms with E-state index in [1.807, 2.05) is 0 Å². The first kappa shape index (κ1) is 12.3. The molecule has 1 aliphatic rings. The summed E-state index contributed by atoms with van der Waals surface area (Å²) < 4.78 is 10.4. The predicted octanol–water partition coefficient (Wildman–Crippen LogP) is 1.38. The van der Waals surface area contributed by atoms with Gasteiger partial charge < -0.3 is 14.6 Å². The molecule has 1 saturated heterocycles. The number of hydrogen-bond acceptors (Lipinski definition) is 5. The number of ether oxygens (including phenoxy) is 2. The summed E-state index contributed by atoms with van der Waals surface area (Å²) in [6, 6.07) is 2.32. The van der Waals surface area contributed by atoms with E-state index in [4.69, 9.17) is 14.6 Å². The first-order chi connectivity index (χ1) is 8.49. The predicted molar refractivity (Wildman–Crippen MR) is 60.0 cm³/mol. The molecule has 1 aromatic rings. The van der Waals surface area contributed by atoms with Crippen LogP contribution in [0.25, 0.3) is 0 Å². The second-order valence-electron chi connectivity index (χ2n) is 3.96. The summed E-state index contributed by atoms with van der Waals surface area (Å²) in [6.45, 7) is 2.34. The van der Waals surface area contributed by atoms with Crippen molar-refractivity contribution in [1.29, 1.82) is 0 Å². The average Bonchev–Trinajstić information content (AvgIpc) is 2.24. The van der Waals surface area contributed by atoms with Gasteiger partial charge in [-0.25, -0.2) is 4.79 Å². The van der Waals surface area contributed by atoms with Crippen LogP contribution in [0, 0.1) is 17.0 Å². The number of aromatic carboxylic acids is 1. The molecular weight excluding hydrogens is 242 g/mol. The highest BCUT2D eigenvalue weighted by molar-refractivity contribution is 5.89. The van der Waals surface area contributed by atoms with E-state index in [-0.39, 0.29) is 23.1 Å². The smallest absolute Gasteiger partial charge is 0.336 e. The van der Waals surface area contributed by atoms with Gasteiger partial charge in [0, 0.05) is 6.07 Å². The van der Waals surface area contributed by atoms with Crippen LogP contribution < -0.4 is 4.74 Å². The third kappa shape index (κ3) is 2.25. The lowest BCUT2D eigenvalue weighted by molar-refractivity contribution is -0.385. The van der Waals surface area contributed by atoms with Crippen molar-refractivity contribution in [2.24, 2.45) is 0 Å². The molecule has 96 valence electrons. The van der Waals surface area contributed by atoms with Crippen molar-refractivity contribution in [3.8, 4) is 5.75 Å². The SMILES string of the molecule is Cc1c(OC2COC2)cc(C(=O)O)cc1[N+](=O)[O-]. The lowest BCUT2D eigenvalue weighted by Gasteiger charge is -2.27. The van der Waals surface area contributed by atoms with Gasteiger partial charge in [-0.05, 0) is 13.0 Å². The van der Waals surface area contributed by atoms with Crippen molar-refractivity contribution in [1.82, 2.24) is 0 Å². The van der Waals surface area contributed by atoms with Crippen LogP contribution in [0.4, 0.5) is 5.69 Å². The second-order valence-corrected chi connectivity index (χ2v) is 3.96. The molecule has 7 nitrogen and oxygen atoms in total. The van der Waals surface area contributed by atoms with Gasteiger partial charge in [0.05, 0.1) is 29.3 Å². The van der Waals surface area contributed by atoms with Crippen molar-refractivity contribution < 1.29 is 24.3 Å². The first-order valence-corrected chi connectivity index (χ1v) is 5.25. The molecule has 0 amide bonds. The fourth-order valence-corrected chi connectivity index (χ4v) is 1.57. The van der Waals surface area contributed by atoms with E-state index in [0.717, 1.165) is 6.07 Å². The van der Waals surface area contributed by atoms with Crippen LogP contribution in [0.3, 0.4) is 0 Å². The highest BCUT2D eigenvalue weighted by atomic mass is 16.6. The highest BCUT2D eigenvalue weighted by Crippen LogP contribution is 2.31. The average molecular weight is 253 g/mol. The Balaban J connectivity index is 2.41. The van der Waals surface area contributed by atoms with Gasteiger partial charge in [-0.15, -0.1) is 0 Å². The Hall–Kier alpha value is -2.15. The molecule has 0 aromatic heterocycles. The topological polar surface area (TPSA) is 98.9 Å². The Morgan fingerprint density at radius 1 is 1.56 bits per heavy atom. The highest BCUT2D eigenvalue weighted by Gasteiger charge is 2.25. The minimum absolute atomic E-state index is 0.164. The van der Waals surface area contributed by atoms with E-state index in [1.165, 1.54) is 13.0 Å². The van der Waals surface area contributed by atoms with E-state index >= 15 is 0 Å². The standard InChI is InChI=1S/C11H11NO6/c1-6-9(12(15)16)2-7(11(13)14)3-10(6)18-8-4-17-5-8/h2-3,8H,4-5H2,1H3,(H,13,14). The van der Waals surface area contributed by atoms with Crippen LogP contribution in [0.15, 0.2) is 12.1 Å². The monoisotopic (exact) mass is 253 g/mol. The Kier molecular flexibility index (Phi) is 3.15. The molecule has 1 N–H and O–H groups in total. The van der Waals surface area contributed by atoms with Crippen molar-refractivity contribution in [2.45, 2.75) is 13.0 Å². The molecule has 1 heterocycles. The molecule has 1 aliphatic heterocycles. The van der Waals surface area contributed by atoms with Crippen molar-refractivity contribution in [3.05, 3.63) is 33.4 Å². The summed E-state index contributed by atoms with van der Waals surface area (Å²) in [5.41, 5.74) is -0.107. The number of nitrogens with zero attached hydrogens (tertiary/aromatic N) is 1. The van der Waals surface area contributed by atoms with Crippen LogP contribution in [0.5, 0.6) is 5.75 Å². The fourth-order valence-electron chi connectivity index (χ4n) is 1.57. The Bertz CT molecular complexity index is 509. The lowest BCUT2D eigenvalue weighted by atomic mass is 10.1. The Morgan fingerprint density at radius 2 is 2.22 bits per heavy atom. The zero-order valence-corrected chi connectivity index (χ0v) is 9.58. The van der Waals surface area contributed by atoms with Crippen LogP contribution in [-0.4, -0.2) is 35.3 Å². The molecule has 0 bridgehead atoms. The van der Waals surface area contributed by atoms with E-state index < -0.39 is 10.9 Å². The summed E-state index contributed by atoms with van der Waals surface area (Å²) in [7, 11) is 0. The molecule has 0 unspecified atom stereocenters. The summed E-state index contributed by atoms with van der Waals surface area (Å²) >= 11 is 0. The quantitative estimate of drug-likeness (QED) is 0.642. The summed E-state index contributed by atoms with van der Waals surface area (Å²) in [5, 5.41) is 19.8. The summed E-state index contributed by atoms with van der Waals surface area (Å²) in [4.78, 5) is 21.1. The van der Waals surface area contributed by atoms with Crippen molar-refractivity contribution >= 4 is 11.7 Å². The number of carboxylic acid groups (broad SMARTS) is 1. The molecule has 0 atom stereocenters. The molecule has 18 heavy (non-hydrogen) atoms. The molecular formula is C11H11NO6. The third-order valence-corrected chi connectivity index (χ3v) is 2.68. The van der Waals surface area contributed by atoms with Gasteiger partial charge >= 0.3 is 5.97 Å². The van der Waals surface area contributed by atoms with E-state index in [1.54, 1.807) is 0 Å². The van der Waals surface area contributed by atoms with Gasteiger partial charge in [-0.1, -0.05) is 0 Å². The van der Waals surface area contributed by atoms with Gasteiger partial charge in [-0.3, -0.25) is 10.1 Å². The normalized spacial score (nSPS) is 14.9. The minimum Gasteiger partial charge on any atom is -0.485 e. The number of carboxylic acids is 1. The molecule has 2 rings (SSSR count). The first-order valence-electron chi connectivity index (χ1n) is 5.25. The largest absolute Gasteiger partial charge is 0.485 e. The fraction of sp³-hybridized carbons (Fsp3) is 0.364. The lowest BCUT2D eigenvalue weighted by Crippen LogP contribution is -2.38. The van der Waals surface area contributed by atoms with Crippen molar-refractivity contribution in [2.75, 3.05) is 13.2 Å². The van der Waals surface area contributed by atoms with Crippen LogP contribution in [-0.2, 0) is 4.74 Å². The Morgan fingerprint density at radius 3 is 2.67 bits per heavy atom. The number of nitro benzene ring substituents is 1. The molecule has 0 radical (unpaired) electrons. The van der Waals surface area contributed by atoms with Gasteiger partial charge in [0.15, 0.2) is 0 Å². The van der Waals surface area contributed by atoms with Crippen LogP contribution >= 0.6 is 0 Å². The number of carbonyl (C=O) groups is 1. The van der Waals surface area contributed by atoms with Gasteiger partial charge in [0.2, 0.25) is 0 Å². The Labute approximate surface area is 102 Å². The summed E-state index contributed by atoms with van der Waals surface area (Å²) in [5.74, 6) is -1.01. The number of nitro groups is 1. The van der Waals surface area contributed by atoms with Crippen LogP contribution in [0.1, 0.15) is 15.9 Å². The van der Waals surface area contributed by atoms with E-state index in [2.05, 4.69) is 0 Å². The van der Waals surface area contributed by atoms with Crippen molar-refractivity contribution in [3.63, 3.8) is 0 Å². The number of hydrogen-bond donors (Lipinski definition) is 1. The minimum atomic E-state index is -1.23. The molecule has 0 aliphatic carbocycles. The zero-order chi connectivity index (χ0) is 13.3. The maximum atomic E-state index is 10.9. The molecule has 0 spiro atoms. The van der Waals surface area contributed by atoms with Crippen LogP contribution in [0.2, 0.25) is 0 Å². The number of benzene rings is 1. The van der Waals surface area contributed by atoms with E-state index in [0.29, 0.717) is 18.8 Å². The molecule has 7 heteroatoms. The maximum absolute atomic E-state index is 10.9. The van der Waals surface area contributed by atoms with Gasteiger partial charge in [-0.2, -0.15) is 0 Å².